The lowest BCUT2D eigenvalue weighted by Crippen LogP contribution is -2.43. The molecule has 1 fully saturated rings. The average Bonchev–Trinajstić information content (AvgIpc) is 2.95. The van der Waals surface area contributed by atoms with Crippen LogP contribution in [0.15, 0.2) is 36.5 Å². The number of nitrogens with zero attached hydrogens (tertiary/aromatic N) is 2. The third-order valence-electron chi connectivity index (χ3n) is 5.92. The SMILES string of the molecule is Cc1cccc(NC(=O)C(=O)NCC(c2cccn2C)N2CCCCCC2)c1C. The average molecular weight is 397 g/mol. The molecular weight excluding hydrogens is 364 g/mol. The second-order valence-electron chi connectivity index (χ2n) is 7.92. The Kier molecular flexibility index (Phi) is 7.09. The minimum Gasteiger partial charge on any atom is -0.353 e. The van der Waals surface area contributed by atoms with Gasteiger partial charge in [-0.05, 0) is 69.1 Å². The highest BCUT2D eigenvalue weighted by Crippen LogP contribution is 2.24. The van der Waals surface area contributed by atoms with Crippen LogP contribution < -0.4 is 10.6 Å². The molecule has 29 heavy (non-hydrogen) atoms. The molecule has 1 aromatic carbocycles. The van der Waals surface area contributed by atoms with E-state index >= 15 is 0 Å². The quantitative estimate of drug-likeness (QED) is 0.762. The Morgan fingerprint density at radius 1 is 1.00 bits per heavy atom. The number of nitrogens with one attached hydrogen (secondary N) is 2. The van der Waals surface area contributed by atoms with E-state index in [1.54, 1.807) is 0 Å². The van der Waals surface area contributed by atoms with Crippen LogP contribution in [-0.2, 0) is 16.6 Å². The van der Waals surface area contributed by atoms with Gasteiger partial charge in [-0.15, -0.1) is 0 Å². The summed E-state index contributed by atoms with van der Waals surface area (Å²) in [5, 5.41) is 5.60. The summed E-state index contributed by atoms with van der Waals surface area (Å²) in [6.07, 6.45) is 6.86. The third-order valence-corrected chi connectivity index (χ3v) is 5.92. The summed E-state index contributed by atoms with van der Waals surface area (Å²) >= 11 is 0. The van der Waals surface area contributed by atoms with Crippen LogP contribution in [0.5, 0.6) is 0 Å². The molecule has 0 bridgehead atoms. The smallest absolute Gasteiger partial charge is 0.313 e. The summed E-state index contributed by atoms with van der Waals surface area (Å²) in [5.41, 5.74) is 3.88. The molecule has 1 aromatic heterocycles. The van der Waals surface area contributed by atoms with Gasteiger partial charge in [-0.2, -0.15) is 0 Å². The maximum Gasteiger partial charge on any atom is 0.313 e. The molecule has 6 nitrogen and oxygen atoms in total. The maximum absolute atomic E-state index is 12.5. The first-order valence-corrected chi connectivity index (χ1v) is 10.5. The van der Waals surface area contributed by atoms with Crippen molar-refractivity contribution in [3.05, 3.63) is 53.3 Å². The van der Waals surface area contributed by atoms with Crippen molar-refractivity contribution in [2.75, 3.05) is 25.0 Å². The Hall–Kier alpha value is -2.60. The molecule has 6 heteroatoms. The van der Waals surface area contributed by atoms with Gasteiger partial charge in [-0.1, -0.05) is 25.0 Å². The number of hydrogen-bond donors (Lipinski definition) is 2. The molecule has 0 aliphatic carbocycles. The molecule has 0 spiro atoms. The molecule has 0 saturated carbocycles. The summed E-state index contributed by atoms with van der Waals surface area (Å²) in [6, 6.07) is 9.85. The number of aryl methyl sites for hydroxylation is 2. The second kappa shape index (κ2) is 9.74. The molecule has 2 heterocycles. The minimum atomic E-state index is -0.625. The van der Waals surface area contributed by atoms with Gasteiger partial charge in [-0.3, -0.25) is 14.5 Å². The van der Waals surface area contributed by atoms with Crippen LogP contribution in [0.3, 0.4) is 0 Å². The number of hydrogen-bond acceptors (Lipinski definition) is 3. The van der Waals surface area contributed by atoms with Crippen LogP contribution in [0.2, 0.25) is 0 Å². The number of amides is 2. The van der Waals surface area contributed by atoms with E-state index in [1.807, 2.05) is 51.4 Å². The number of carbonyl (C=O) groups is 2. The molecule has 2 amide bonds. The van der Waals surface area contributed by atoms with E-state index in [9.17, 15) is 9.59 Å². The number of aromatic nitrogens is 1. The van der Waals surface area contributed by atoms with Gasteiger partial charge in [0.05, 0.1) is 6.04 Å². The second-order valence-corrected chi connectivity index (χ2v) is 7.92. The van der Waals surface area contributed by atoms with E-state index in [0.29, 0.717) is 12.2 Å². The Morgan fingerprint density at radius 3 is 2.38 bits per heavy atom. The topological polar surface area (TPSA) is 66.4 Å². The highest BCUT2D eigenvalue weighted by Gasteiger charge is 2.25. The molecule has 0 radical (unpaired) electrons. The fourth-order valence-electron chi connectivity index (χ4n) is 3.98. The summed E-state index contributed by atoms with van der Waals surface area (Å²) in [4.78, 5) is 27.4. The van der Waals surface area contributed by atoms with Crippen molar-refractivity contribution in [2.45, 2.75) is 45.6 Å². The maximum atomic E-state index is 12.5. The van der Waals surface area contributed by atoms with Crippen molar-refractivity contribution in [1.29, 1.82) is 0 Å². The Balaban J connectivity index is 1.66. The molecule has 156 valence electrons. The van der Waals surface area contributed by atoms with Crippen molar-refractivity contribution < 1.29 is 9.59 Å². The van der Waals surface area contributed by atoms with Crippen LogP contribution in [0.1, 0.15) is 48.5 Å². The molecule has 1 atom stereocenters. The molecule has 1 aliphatic heterocycles. The van der Waals surface area contributed by atoms with Crippen LogP contribution >= 0.6 is 0 Å². The van der Waals surface area contributed by atoms with Crippen molar-refractivity contribution >= 4 is 17.5 Å². The lowest BCUT2D eigenvalue weighted by atomic mass is 10.1. The predicted octanol–water partition coefficient (Wildman–Crippen LogP) is 3.31. The summed E-state index contributed by atoms with van der Waals surface area (Å²) in [5.74, 6) is -1.22. The third kappa shape index (κ3) is 5.26. The lowest BCUT2D eigenvalue weighted by Gasteiger charge is -2.31. The fraction of sp³-hybridized carbons (Fsp3) is 0.478. The van der Waals surface area contributed by atoms with Crippen molar-refractivity contribution in [1.82, 2.24) is 14.8 Å². The molecule has 2 N–H and O–H groups in total. The predicted molar refractivity (Wildman–Crippen MR) is 116 cm³/mol. The number of carbonyl (C=O) groups excluding carboxylic acids is 2. The van der Waals surface area contributed by atoms with Gasteiger partial charge >= 0.3 is 11.8 Å². The Morgan fingerprint density at radius 2 is 1.72 bits per heavy atom. The Labute approximate surface area is 173 Å². The van der Waals surface area contributed by atoms with Gasteiger partial charge in [0.15, 0.2) is 0 Å². The van der Waals surface area contributed by atoms with E-state index in [2.05, 4.69) is 26.2 Å². The van der Waals surface area contributed by atoms with Gasteiger partial charge in [0, 0.05) is 31.2 Å². The van der Waals surface area contributed by atoms with Crippen molar-refractivity contribution in [3.63, 3.8) is 0 Å². The highest BCUT2D eigenvalue weighted by atomic mass is 16.2. The minimum absolute atomic E-state index is 0.0607. The number of benzene rings is 1. The number of anilines is 1. The monoisotopic (exact) mass is 396 g/mol. The molecule has 1 unspecified atom stereocenters. The lowest BCUT2D eigenvalue weighted by molar-refractivity contribution is -0.136. The normalized spacial score (nSPS) is 16.1. The highest BCUT2D eigenvalue weighted by molar-refractivity contribution is 6.39. The van der Waals surface area contributed by atoms with E-state index in [1.165, 1.54) is 25.7 Å². The van der Waals surface area contributed by atoms with Crippen LogP contribution in [0.25, 0.3) is 0 Å². The van der Waals surface area contributed by atoms with Crippen molar-refractivity contribution in [3.8, 4) is 0 Å². The summed E-state index contributed by atoms with van der Waals surface area (Å²) < 4.78 is 2.10. The summed E-state index contributed by atoms with van der Waals surface area (Å²) in [7, 11) is 2.02. The van der Waals surface area contributed by atoms with Crippen LogP contribution in [0, 0.1) is 13.8 Å². The summed E-state index contributed by atoms with van der Waals surface area (Å²) in [6.45, 7) is 6.36. The first kappa shape index (κ1) is 21.1. The van der Waals surface area contributed by atoms with E-state index in [4.69, 9.17) is 0 Å². The van der Waals surface area contributed by atoms with Gasteiger partial charge < -0.3 is 15.2 Å². The first-order valence-electron chi connectivity index (χ1n) is 10.5. The number of rotatable bonds is 5. The fourth-order valence-corrected chi connectivity index (χ4v) is 3.98. The van der Waals surface area contributed by atoms with E-state index in [-0.39, 0.29) is 6.04 Å². The van der Waals surface area contributed by atoms with Crippen LogP contribution in [0.4, 0.5) is 5.69 Å². The van der Waals surface area contributed by atoms with Gasteiger partial charge in [0.25, 0.3) is 0 Å². The van der Waals surface area contributed by atoms with E-state index in [0.717, 1.165) is 29.9 Å². The first-order chi connectivity index (χ1) is 14.0. The van der Waals surface area contributed by atoms with Gasteiger partial charge in [-0.25, -0.2) is 0 Å². The molecule has 3 rings (SSSR count). The zero-order valence-electron chi connectivity index (χ0n) is 17.7. The molecule has 2 aromatic rings. The molecule has 1 saturated heterocycles. The van der Waals surface area contributed by atoms with Crippen LogP contribution in [-0.4, -0.2) is 40.9 Å². The van der Waals surface area contributed by atoms with Crippen molar-refractivity contribution in [2.24, 2.45) is 7.05 Å². The zero-order chi connectivity index (χ0) is 20.8. The number of likely N-dealkylation sites (tertiary alicyclic amines) is 1. The largest absolute Gasteiger partial charge is 0.353 e. The standard InChI is InChI=1S/C23H32N4O2/c1-17-10-8-11-19(18(17)2)25-23(29)22(28)24-16-21(20-12-9-13-26(20)3)27-14-6-4-5-7-15-27/h8-13,21H,4-7,14-16H2,1-3H3,(H,24,28)(H,25,29). The Bertz CT molecular complexity index is 850. The zero-order valence-corrected chi connectivity index (χ0v) is 17.7. The van der Waals surface area contributed by atoms with E-state index < -0.39 is 11.8 Å². The van der Waals surface area contributed by atoms with Gasteiger partial charge in [0.1, 0.15) is 0 Å². The molecular formula is C23H32N4O2. The van der Waals surface area contributed by atoms with Gasteiger partial charge in [0.2, 0.25) is 0 Å². The molecule has 1 aliphatic rings.